The van der Waals surface area contributed by atoms with Crippen LogP contribution in [0, 0.1) is 0 Å². The van der Waals surface area contributed by atoms with E-state index >= 15 is 0 Å². The van der Waals surface area contributed by atoms with Gasteiger partial charge in [-0.05, 0) is 127 Å². The van der Waals surface area contributed by atoms with Gasteiger partial charge in [0.15, 0.2) is 0 Å². The zero-order valence-electron chi connectivity index (χ0n) is 34.3. The quantitative estimate of drug-likeness (QED) is 0.168. The maximum atomic E-state index is 2.54. The summed E-state index contributed by atoms with van der Waals surface area (Å²) < 4.78 is 2.62. The lowest BCUT2D eigenvalue weighted by Crippen LogP contribution is -2.17. The van der Waals surface area contributed by atoms with E-state index in [-0.39, 0.29) is 10.8 Å². The third-order valence-corrected chi connectivity index (χ3v) is 14.8. The molecule has 1 heterocycles. The highest BCUT2D eigenvalue weighted by Crippen LogP contribution is 2.58. The Morgan fingerprint density at radius 3 is 1.88 bits per heavy atom. The molecule has 12 rings (SSSR count). The van der Waals surface area contributed by atoms with Crippen LogP contribution in [-0.4, -0.2) is 0 Å². The second kappa shape index (κ2) is 12.9. The predicted molar refractivity (Wildman–Crippen MR) is 258 cm³/mol. The Hall–Kier alpha value is -6.74. The number of nitrogens with zero attached hydrogens (tertiary/aromatic N) is 1. The smallest absolute Gasteiger partial charge is 0.0540 e. The zero-order valence-corrected chi connectivity index (χ0v) is 35.1. The van der Waals surface area contributed by atoms with Crippen molar-refractivity contribution in [3.63, 3.8) is 0 Å². The minimum Gasteiger partial charge on any atom is -0.310 e. The van der Waals surface area contributed by atoms with Crippen molar-refractivity contribution in [1.29, 1.82) is 0 Å². The van der Waals surface area contributed by atoms with Crippen LogP contribution >= 0.6 is 11.3 Å². The van der Waals surface area contributed by atoms with E-state index in [1.165, 1.54) is 103 Å². The van der Waals surface area contributed by atoms with Crippen molar-refractivity contribution in [3.05, 3.63) is 210 Å². The molecule has 0 N–H and O–H groups in total. The number of benzene rings is 9. The summed E-state index contributed by atoms with van der Waals surface area (Å²) in [5.41, 5.74) is 19.3. The molecule has 9 aromatic carbocycles. The largest absolute Gasteiger partial charge is 0.310 e. The minimum atomic E-state index is -0.170. The molecule has 0 amide bonds. The van der Waals surface area contributed by atoms with Crippen molar-refractivity contribution < 1.29 is 0 Å². The second-order valence-corrected chi connectivity index (χ2v) is 18.8. The minimum absolute atomic E-state index is 0.102. The highest BCUT2D eigenvalue weighted by atomic mass is 32.1. The van der Waals surface area contributed by atoms with Gasteiger partial charge in [0.2, 0.25) is 0 Å². The molecule has 2 aliphatic rings. The van der Waals surface area contributed by atoms with Crippen molar-refractivity contribution in [2.75, 3.05) is 4.90 Å². The molecule has 10 aromatic rings. The molecular weight excluding hydrogens is 743 g/mol. The van der Waals surface area contributed by atoms with Gasteiger partial charge in [0.25, 0.3) is 0 Å². The van der Waals surface area contributed by atoms with Crippen molar-refractivity contribution in [3.8, 4) is 44.5 Å². The first-order valence-corrected chi connectivity index (χ1v) is 21.9. The fourth-order valence-corrected chi connectivity index (χ4v) is 11.7. The van der Waals surface area contributed by atoms with E-state index < -0.39 is 0 Å². The maximum absolute atomic E-state index is 2.54. The van der Waals surface area contributed by atoms with E-state index in [0.717, 1.165) is 11.4 Å². The van der Waals surface area contributed by atoms with Gasteiger partial charge in [0.05, 0.1) is 5.69 Å². The van der Waals surface area contributed by atoms with Crippen LogP contribution < -0.4 is 4.90 Å². The molecule has 0 fully saturated rings. The molecule has 0 saturated heterocycles. The number of thiophene rings is 1. The highest BCUT2D eigenvalue weighted by Gasteiger charge is 2.42. The van der Waals surface area contributed by atoms with Crippen LogP contribution in [0.4, 0.5) is 17.1 Å². The van der Waals surface area contributed by atoms with Crippen molar-refractivity contribution in [1.82, 2.24) is 0 Å². The predicted octanol–water partition coefficient (Wildman–Crippen LogP) is 16.6. The summed E-state index contributed by atoms with van der Waals surface area (Å²) in [4.78, 5) is 2.45. The Kier molecular flexibility index (Phi) is 7.56. The van der Waals surface area contributed by atoms with Crippen LogP contribution in [0.1, 0.15) is 49.9 Å². The molecule has 0 aliphatic heterocycles. The lowest BCUT2D eigenvalue weighted by atomic mass is 9.79. The molecule has 0 unspecified atom stereocenters. The molecular formula is C58H43NS. The fourth-order valence-electron chi connectivity index (χ4n) is 10.6. The first kappa shape index (κ1) is 35.2. The molecule has 0 spiro atoms. The Balaban J connectivity index is 0.980. The molecule has 60 heavy (non-hydrogen) atoms. The number of hydrogen-bond acceptors (Lipinski definition) is 2. The van der Waals surface area contributed by atoms with E-state index in [0.29, 0.717) is 0 Å². The van der Waals surface area contributed by atoms with Gasteiger partial charge < -0.3 is 4.90 Å². The average Bonchev–Trinajstić information content (AvgIpc) is 3.85. The monoisotopic (exact) mass is 785 g/mol. The Bertz CT molecular complexity index is 3380. The summed E-state index contributed by atoms with van der Waals surface area (Å²) in [5.74, 6) is 0. The number of anilines is 3. The average molecular weight is 786 g/mol. The second-order valence-electron chi connectivity index (χ2n) is 17.7. The van der Waals surface area contributed by atoms with Crippen molar-refractivity contribution in [2.24, 2.45) is 0 Å². The van der Waals surface area contributed by atoms with E-state index in [2.05, 4.69) is 221 Å². The maximum Gasteiger partial charge on any atom is 0.0540 e. The highest BCUT2D eigenvalue weighted by molar-refractivity contribution is 7.25. The van der Waals surface area contributed by atoms with Crippen LogP contribution in [-0.2, 0) is 10.8 Å². The van der Waals surface area contributed by atoms with Crippen LogP contribution in [0.25, 0.3) is 75.5 Å². The van der Waals surface area contributed by atoms with Gasteiger partial charge in [-0.2, -0.15) is 0 Å². The summed E-state index contributed by atoms with van der Waals surface area (Å²) in [5, 5.41) is 5.09. The first-order chi connectivity index (χ1) is 29.3. The van der Waals surface area contributed by atoms with Crippen LogP contribution in [0.5, 0.6) is 0 Å². The summed E-state index contributed by atoms with van der Waals surface area (Å²) >= 11 is 1.87. The topological polar surface area (TPSA) is 3.24 Å². The third-order valence-electron chi connectivity index (χ3n) is 13.6. The number of fused-ring (bicyclic) bond motifs is 10. The summed E-state index contributed by atoms with van der Waals surface area (Å²) in [6, 6.07) is 70.3. The Labute approximate surface area is 355 Å². The molecule has 2 heteroatoms. The lowest BCUT2D eigenvalue weighted by Gasteiger charge is -2.27. The van der Waals surface area contributed by atoms with Crippen LogP contribution in [0.3, 0.4) is 0 Å². The van der Waals surface area contributed by atoms with Crippen LogP contribution in [0.15, 0.2) is 188 Å². The summed E-state index contributed by atoms with van der Waals surface area (Å²) in [6.07, 6.45) is 0. The fraction of sp³-hybridized carbons (Fsp3) is 0.103. The van der Waals surface area contributed by atoms with Gasteiger partial charge in [-0.3, -0.25) is 0 Å². The van der Waals surface area contributed by atoms with Crippen molar-refractivity contribution in [2.45, 2.75) is 38.5 Å². The molecule has 1 nitrogen and oxygen atoms in total. The third kappa shape index (κ3) is 5.11. The summed E-state index contributed by atoms with van der Waals surface area (Å²) in [7, 11) is 0. The van der Waals surface area contributed by atoms with E-state index in [1.54, 1.807) is 0 Å². The molecule has 0 bridgehead atoms. The molecule has 286 valence electrons. The van der Waals surface area contributed by atoms with E-state index in [4.69, 9.17) is 0 Å². The first-order valence-electron chi connectivity index (χ1n) is 21.1. The molecule has 2 aliphatic carbocycles. The van der Waals surface area contributed by atoms with Gasteiger partial charge in [-0.15, -0.1) is 11.3 Å². The number of hydrogen-bond donors (Lipinski definition) is 0. The van der Waals surface area contributed by atoms with Crippen LogP contribution in [0.2, 0.25) is 0 Å². The van der Waals surface area contributed by atoms with Gasteiger partial charge >= 0.3 is 0 Å². The lowest BCUT2D eigenvalue weighted by molar-refractivity contribution is 0.652. The Morgan fingerprint density at radius 2 is 1.00 bits per heavy atom. The van der Waals surface area contributed by atoms with Gasteiger partial charge in [0, 0.05) is 47.8 Å². The van der Waals surface area contributed by atoms with Crippen molar-refractivity contribution >= 4 is 59.3 Å². The van der Waals surface area contributed by atoms with Gasteiger partial charge in [0.1, 0.15) is 0 Å². The van der Waals surface area contributed by atoms with Gasteiger partial charge in [-0.25, -0.2) is 0 Å². The molecule has 0 saturated carbocycles. The molecule has 0 atom stereocenters. The zero-order chi connectivity index (χ0) is 40.3. The SMILES string of the molecule is CC1(C)c2cc(-c3cccc(N(c4ccc5c(c4)sc4ccccc45)c4cccc5ccccc45)c3)ccc2-c2cc3c(cc21)-c1c(-c2ccccc2)cccc1C3(C)C. The standard InChI is InChI=1S/C58H43NS/c1-57(2)49-24-14-23-43(37-15-6-5-7-16-37)56(49)48-35-51-47(34-52(48)57)44-29-27-39(32-50(44)58(51,3)4)38-19-12-20-40(31-38)59(53-25-13-18-36-17-8-9-21-42(36)53)41-28-30-46-45-22-10-11-26-54(45)60-55(46)33-41/h5-35H,1-4H3. The molecule has 0 radical (unpaired) electrons. The van der Waals surface area contributed by atoms with E-state index in [9.17, 15) is 0 Å². The normalized spacial score (nSPS) is 14.3. The molecule has 1 aromatic heterocycles. The summed E-state index contributed by atoms with van der Waals surface area (Å²) in [6.45, 7) is 9.64. The van der Waals surface area contributed by atoms with Gasteiger partial charge in [-0.1, -0.05) is 161 Å². The van der Waals surface area contributed by atoms with E-state index in [1.807, 2.05) is 11.3 Å². The Morgan fingerprint density at radius 1 is 0.367 bits per heavy atom. The number of rotatable bonds is 5.